The van der Waals surface area contributed by atoms with E-state index in [-0.39, 0.29) is 24.1 Å². The van der Waals surface area contributed by atoms with Crippen LogP contribution in [0.25, 0.3) is 5.57 Å². The zero-order valence-corrected chi connectivity index (χ0v) is 14.7. The van der Waals surface area contributed by atoms with Gasteiger partial charge in [0.1, 0.15) is 0 Å². The molecule has 5 heteroatoms. The minimum atomic E-state index is -0.596. The van der Waals surface area contributed by atoms with Gasteiger partial charge >= 0.3 is 0 Å². The van der Waals surface area contributed by atoms with Crippen LogP contribution < -0.4 is 10.6 Å². The van der Waals surface area contributed by atoms with Crippen LogP contribution in [0.1, 0.15) is 37.8 Å². The predicted molar refractivity (Wildman–Crippen MR) is 97.8 cm³/mol. The lowest BCUT2D eigenvalue weighted by molar-refractivity contribution is -0.127. The molecule has 0 bridgehead atoms. The number of hydrogen-bond donors (Lipinski definition) is 2. The Hall–Kier alpha value is -2.69. The standard InChI is InChI=1S/C20H24N2O3/c1-14(23)19(22-20(25)13-21-15(2)24)12-16-8-10-18(11-9-16)17-6-4-3-5-7-17/h4,6-11,19H,3,5,12-13H2,1-2H3,(H,21,24)(H,22,25)/t19-/m0/s1. The summed E-state index contributed by atoms with van der Waals surface area (Å²) in [6, 6.07) is 7.43. The Bertz CT molecular complexity index is 702. The van der Waals surface area contributed by atoms with Crippen LogP contribution in [0.15, 0.2) is 42.5 Å². The highest BCUT2D eigenvalue weighted by atomic mass is 16.2. The highest BCUT2D eigenvalue weighted by molar-refractivity contribution is 5.89. The fourth-order valence-corrected chi connectivity index (χ4v) is 2.64. The van der Waals surface area contributed by atoms with Crippen molar-refractivity contribution in [2.24, 2.45) is 0 Å². The third kappa shape index (κ3) is 6.03. The van der Waals surface area contributed by atoms with Crippen LogP contribution in [-0.4, -0.2) is 30.2 Å². The van der Waals surface area contributed by atoms with Crippen molar-refractivity contribution in [2.75, 3.05) is 6.54 Å². The van der Waals surface area contributed by atoms with Crippen LogP contribution in [-0.2, 0) is 20.8 Å². The summed E-state index contributed by atoms with van der Waals surface area (Å²) in [7, 11) is 0. The van der Waals surface area contributed by atoms with E-state index in [2.05, 4.69) is 28.9 Å². The minimum Gasteiger partial charge on any atom is -0.347 e. The van der Waals surface area contributed by atoms with Crippen LogP contribution in [0.2, 0.25) is 0 Å². The van der Waals surface area contributed by atoms with Crippen molar-refractivity contribution in [1.29, 1.82) is 0 Å². The summed E-state index contributed by atoms with van der Waals surface area (Å²) in [5.74, 6) is -0.765. The van der Waals surface area contributed by atoms with E-state index < -0.39 is 6.04 Å². The Morgan fingerprint density at radius 1 is 1.08 bits per heavy atom. The molecule has 0 saturated carbocycles. The maximum Gasteiger partial charge on any atom is 0.239 e. The smallest absolute Gasteiger partial charge is 0.239 e. The molecule has 1 aliphatic carbocycles. The van der Waals surface area contributed by atoms with Gasteiger partial charge in [-0.3, -0.25) is 14.4 Å². The maximum absolute atomic E-state index is 11.8. The average Bonchev–Trinajstić information content (AvgIpc) is 2.60. The van der Waals surface area contributed by atoms with Crippen molar-refractivity contribution in [1.82, 2.24) is 10.6 Å². The molecule has 2 rings (SSSR count). The molecule has 1 aromatic rings. The quantitative estimate of drug-likeness (QED) is 0.799. The van der Waals surface area contributed by atoms with Crippen LogP contribution in [0.3, 0.4) is 0 Å². The van der Waals surface area contributed by atoms with Gasteiger partial charge in [-0.1, -0.05) is 42.5 Å². The van der Waals surface area contributed by atoms with E-state index in [0.717, 1.165) is 24.0 Å². The third-order valence-electron chi connectivity index (χ3n) is 4.05. The van der Waals surface area contributed by atoms with E-state index >= 15 is 0 Å². The van der Waals surface area contributed by atoms with Gasteiger partial charge in [0.05, 0.1) is 12.6 Å². The topological polar surface area (TPSA) is 75.3 Å². The van der Waals surface area contributed by atoms with Gasteiger partial charge in [0, 0.05) is 6.92 Å². The number of rotatable bonds is 7. The van der Waals surface area contributed by atoms with E-state index in [1.165, 1.54) is 19.4 Å². The summed E-state index contributed by atoms with van der Waals surface area (Å²) in [6.45, 7) is 2.67. The van der Waals surface area contributed by atoms with E-state index in [1.807, 2.05) is 24.3 Å². The molecule has 132 valence electrons. The Kier molecular flexibility index (Phi) is 6.69. The molecular formula is C20H24N2O3. The van der Waals surface area contributed by atoms with Gasteiger partial charge in [-0.25, -0.2) is 0 Å². The normalized spacial score (nSPS) is 14.4. The number of allylic oxidation sites excluding steroid dienone is 4. The second-order valence-corrected chi connectivity index (χ2v) is 6.18. The summed E-state index contributed by atoms with van der Waals surface area (Å²) in [5, 5.41) is 5.09. The predicted octanol–water partition coefficient (Wildman–Crippen LogP) is 2.17. The summed E-state index contributed by atoms with van der Waals surface area (Å²) < 4.78 is 0. The number of carbonyl (C=O) groups is 3. The second-order valence-electron chi connectivity index (χ2n) is 6.18. The molecular weight excluding hydrogens is 316 g/mol. The number of Topliss-reactive ketones (excluding diaryl/α,β-unsaturated/α-hetero) is 1. The van der Waals surface area contributed by atoms with Crippen LogP contribution in [0.5, 0.6) is 0 Å². The minimum absolute atomic E-state index is 0.113. The fraction of sp³-hybridized carbons (Fsp3) is 0.350. The number of carbonyl (C=O) groups excluding carboxylic acids is 3. The van der Waals surface area contributed by atoms with E-state index in [4.69, 9.17) is 0 Å². The number of nitrogens with one attached hydrogen (secondary N) is 2. The Morgan fingerprint density at radius 3 is 2.36 bits per heavy atom. The molecule has 0 fully saturated rings. The SMILES string of the molecule is CC(=O)NCC(=O)N[C@@H](Cc1ccc(C2=CCCC=C2)cc1)C(C)=O. The first-order chi connectivity index (χ1) is 12.0. The zero-order chi connectivity index (χ0) is 18.2. The largest absolute Gasteiger partial charge is 0.347 e. The lowest BCUT2D eigenvalue weighted by atomic mass is 9.96. The molecule has 5 nitrogen and oxygen atoms in total. The van der Waals surface area contributed by atoms with Crippen molar-refractivity contribution in [3.8, 4) is 0 Å². The Balaban J connectivity index is 1.98. The van der Waals surface area contributed by atoms with Crippen LogP contribution >= 0.6 is 0 Å². The summed E-state index contributed by atoms with van der Waals surface area (Å²) in [6.07, 6.45) is 9.07. The lowest BCUT2D eigenvalue weighted by Crippen LogP contribution is -2.45. The lowest BCUT2D eigenvalue weighted by Gasteiger charge is -2.16. The molecule has 1 atom stereocenters. The van der Waals surface area contributed by atoms with Gasteiger partial charge in [0.25, 0.3) is 0 Å². The first kappa shape index (κ1) is 18.6. The van der Waals surface area contributed by atoms with Gasteiger partial charge in [-0.15, -0.1) is 0 Å². The third-order valence-corrected chi connectivity index (χ3v) is 4.05. The van der Waals surface area contributed by atoms with Crippen LogP contribution in [0, 0.1) is 0 Å². The molecule has 0 aromatic heterocycles. The van der Waals surface area contributed by atoms with Crippen molar-refractivity contribution >= 4 is 23.2 Å². The first-order valence-electron chi connectivity index (χ1n) is 8.46. The average molecular weight is 340 g/mol. The molecule has 1 aromatic carbocycles. The zero-order valence-electron chi connectivity index (χ0n) is 14.7. The molecule has 0 heterocycles. The molecule has 0 unspecified atom stereocenters. The number of hydrogen-bond acceptors (Lipinski definition) is 3. The van der Waals surface area contributed by atoms with Crippen molar-refractivity contribution in [2.45, 2.75) is 39.2 Å². The molecule has 0 radical (unpaired) electrons. The van der Waals surface area contributed by atoms with Gasteiger partial charge in [-0.05, 0) is 42.9 Å². The summed E-state index contributed by atoms with van der Waals surface area (Å²) in [5.41, 5.74) is 3.34. The van der Waals surface area contributed by atoms with Gasteiger partial charge in [0.2, 0.25) is 11.8 Å². The van der Waals surface area contributed by atoms with Gasteiger partial charge in [-0.2, -0.15) is 0 Å². The number of amides is 2. The fourth-order valence-electron chi connectivity index (χ4n) is 2.64. The second kappa shape index (κ2) is 8.97. The molecule has 25 heavy (non-hydrogen) atoms. The van der Waals surface area contributed by atoms with E-state index in [9.17, 15) is 14.4 Å². The van der Waals surface area contributed by atoms with Crippen molar-refractivity contribution in [3.63, 3.8) is 0 Å². The Morgan fingerprint density at radius 2 is 1.80 bits per heavy atom. The molecule has 0 spiro atoms. The van der Waals surface area contributed by atoms with Gasteiger partial charge < -0.3 is 10.6 Å². The Labute approximate surface area is 148 Å². The maximum atomic E-state index is 11.8. The van der Waals surface area contributed by atoms with Crippen molar-refractivity contribution in [3.05, 3.63) is 53.6 Å². The monoisotopic (exact) mass is 340 g/mol. The molecule has 2 N–H and O–H groups in total. The first-order valence-corrected chi connectivity index (χ1v) is 8.46. The summed E-state index contributed by atoms with van der Waals surface area (Å²) in [4.78, 5) is 34.5. The van der Waals surface area contributed by atoms with Crippen LogP contribution in [0.4, 0.5) is 0 Å². The molecule has 0 aliphatic heterocycles. The molecule has 0 saturated heterocycles. The van der Waals surface area contributed by atoms with Crippen molar-refractivity contribution < 1.29 is 14.4 Å². The molecule has 1 aliphatic rings. The van der Waals surface area contributed by atoms with E-state index in [1.54, 1.807) is 0 Å². The summed E-state index contributed by atoms with van der Waals surface area (Å²) >= 11 is 0. The van der Waals surface area contributed by atoms with E-state index in [0.29, 0.717) is 6.42 Å². The number of benzene rings is 1. The van der Waals surface area contributed by atoms with Gasteiger partial charge in [0.15, 0.2) is 5.78 Å². The highest BCUT2D eigenvalue weighted by Gasteiger charge is 2.17. The number of ketones is 1. The molecule has 2 amide bonds. The highest BCUT2D eigenvalue weighted by Crippen LogP contribution is 2.21.